The molecule has 2 atom stereocenters. The van der Waals surface area contributed by atoms with Gasteiger partial charge in [-0.25, -0.2) is 4.39 Å². The molecule has 1 heterocycles. The molecule has 110 valence electrons. The third kappa shape index (κ3) is 2.37. The quantitative estimate of drug-likeness (QED) is 0.905. The molecule has 3 rings (SSSR count). The molecule has 2 aromatic rings. The van der Waals surface area contributed by atoms with E-state index < -0.39 is 6.04 Å². The monoisotopic (exact) mass is 289 g/mol. The molecule has 1 amide bonds. The van der Waals surface area contributed by atoms with E-state index in [0.717, 1.165) is 11.1 Å². The standard InChI is InChI=1S/C15H16FN3O2/c1-8(14-13(20)7-19(2)18-14)17-15(21)12-5-9-3-4-10(16)6-11(9)12/h3-4,6-8,12,20H,5H2,1-2H3,(H,17,21). The normalized spacial score (nSPS) is 17.8. The molecule has 0 saturated heterocycles. The maximum absolute atomic E-state index is 13.2. The minimum Gasteiger partial charge on any atom is -0.504 e. The van der Waals surface area contributed by atoms with Gasteiger partial charge in [-0.05, 0) is 36.6 Å². The third-order valence-electron chi connectivity index (χ3n) is 3.83. The molecular weight excluding hydrogens is 273 g/mol. The summed E-state index contributed by atoms with van der Waals surface area (Å²) in [5.41, 5.74) is 2.17. The maximum atomic E-state index is 13.2. The second-order valence-corrected chi connectivity index (χ2v) is 5.40. The fourth-order valence-electron chi connectivity index (χ4n) is 2.69. The maximum Gasteiger partial charge on any atom is 0.228 e. The number of aryl methyl sites for hydroxylation is 1. The lowest BCUT2D eigenvalue weighted by Gasteiger charge is -2.30. The van der Waals surface area contributed by atoms with E-state index in [1.807, 2.05) is 0 Å². The second kappa shape index (κ2) is 4.87. The predicted molar refractivity (Wildman–Crippen MR) is 74.3 cm³/mol. The number of benzene rings is 1. The van der Waals surface area contributed by atoms with E-state index in [4.69, 9.17) is 0 Å². The first kappa shape index (κ1) is 13.6. The highest BCUT2D eigenvalue weighted by atomic mass is 19.1. The van der Waals surface area contributed by atoms with Gasteiger partial charge in [0.15, 0.2) is 5.75 Å². The smallest absolute Gasteiger partial charge is 0.228 e. The number of nitrogens with zero attached hydrogens (tertiary/aromatic N) is 2. The molecule has 0 radical (unpaired) electrons. The van der Waals surface area contributed by atoms with Crippen molar-refractivity contribution in [2.24, 2.45) is 7.05 Å². The van der Waals surface area contributed by atoms with Crippen molar-refractivity contribution in [2.45, 2.75) is 25.3 Å². The highest BCUT2D eigenvalue weighted by Crippen LogP contribution is 2.36. The van der Waals surface area contributed by atoms with Crippen molar-refractivity contribution in [1.29, 1.82) is 0 Å². The molecule has 6 heteroatoms. The molecule has 21 heavy (non-hydrogen) atoms. The Bertz CT molecular complexity index is 711. The summed E-state index contributed by atoms with van der Waals surface area (Å²) in [4.78, 5) is 12.3. The van der Waals surface area contributed by atoms with Crippen LogP contribution in [0.4, 0.5) is 4.39 Å². The van der Waals surface area contributed by atoms with Crippen molar-refractivity contribution >= 4 is 5.91 Å². The van der Waals surface area contributed by atoms with Crippen LogP contribution < -0.4 is 5.32 Å². The van der Waals surface area contributed by atoms with E-state index in [9.17, 15) is 14.3 Å². The Morgan fingerprint density at radius 3 is 3.00 bits per heavy atom. The lowest BCUT2D eigenvalue weighted by atomic mass is 9.77. The van der Waals surface area contributed by atoms with Crippen molar-refractivity contribution in [2.75, 3.05) is 0 Å². The van der Waals surface area contributed by atoms with Gasteiger partial charge in [-0.2, -0.15) is 5.10 Å². The van der Waals surface area contributed by atoms with E-state index in [0.29, 0.717) is 12.1 Å². The zero-order chi connectivity index (χ0) is 15.1. The first-order valence-electron chi connectivity index (χ1n) is 6.77. The topological polar surface area (TPSA) is 67.2 Å². The van der Waals surface area contributed by atoms with Crippen LogP contribution in [-0.2, 0) is 18.3 Å². The molecule has 5 nitrogen and oxygen atoms in total. The first-order valence-corrected chi connectivity index (χ1v) is 6.77. The average molecular weight is 289 g/mol. The number of carbonyl (C=O) groups excluding carboxylic acids is 1. The fourth-order valence-corrected chi connectivity index (χ4v) is 2.69. The molecule has 1 aliphatic carbocycles. The summed E-state index contributed by atoms with van der Waals surface area (Å²) in [6.45, 7) is 1.76. The van der Waals surface area contributed by atoms with Crippen LogP contribution in [0.3, 0.4) is 0 Å². The summed E-state index contributed by atoms with van der Waals surface area (Å²) in [5.74, 6) is -0.790. The third-order valence-corrected chi connectivity index (χ3v) is 3.83. The van der Waals surface area contributed by atoms with Crippen LogP contribution in [-0.4, -0.2) is 20.8 Å². The van der Waals surface area contributed by atoms with E-state index in [1.54, 1.807) is 20.0 Å². The van der Waals surface area contributed by atoms with Crippen LogP contribution in [0, 0.1) is 5.82 Å². The summed E-state index contributed by atoms with van der Waals surface area (Å²) in [5, 5.41) is 16.7. The van der Waals surface area contributed by atoms with Gasteiger partial charge in [0.1, 0.15) is 11.5 Å². The second-order valence-electron chi connectivity index (χ2n) is 5.40. The molecule has 1 aliphatic rings. The number of hydrogen-bond donors (Lipinski definition) is 2. The Balaban J connectivity index is 1.72. The van der Waals surface area contributed by atoms with Gasteiger partial charge in [-0.3, -0.25) is 9.48 Å². The van der Waals surface area contributed by atoms with Gasteiger partial charge in [-0.1, -0.05) is 6.07 Å². The Hall–Kier alpha value is -2.37. The largest absolute Gasteiger partial charge is 0.504 e. The predicted octanol–water partition coefficient (Wildman–Crippen LogP) is 1.78. The number of aromatic nitrogens is 2. The zero-order valence-electron chi connectivity index (χ0n) is 11.8. The number of carbonyl (C=O) groups is 1. The molecule has 1 aromatic heterocycles. The van der Waals surface area contributed by atoms with Crippen molar-refractivity contribution < 1.29 is 14.3 Å². The molecule has 0 spiro atoms. The molecule has 0 aliphatic heterocycles. The van der Waals surface area contributed by atoms with E-state index >= 15 is 0 Å². The molecule has 0 bridgehead atoms. The van der Waals surface area contributed by atoms with Gasteiger partial charge in [0, 0.05) is 7.05 Å². The SMILES string of the molecule is CC(NC(=O)C1Cc2ccc(F)cc21)c1nn(C)cc1O. The van der Waals surface area contributed by atoms with Crippen molar-refractivity contribution in [3.05, 3.63) is 47.0 Å². The highest BCUT2D eigenvalue weighted by molar-refractivity contribution is 5.87. The van der Waals surface area contributed by atoms with Crippen molar-refractivity contribution in [3.8, 4) is 5.75 Å². The van der Waals surface area contributed by atoms with Crippen LogP contribution >= 0.6 is 0 Å². The van der Waals surface area contributed by atoms with E-state index in [-0.39, 0.29) is 23.4 Å². The molecule has 0 fully saturated rings. The van der Waals surface area contributed by atoms with Crippen LogP contribution in [0.2, 0.25) is 0 Å². The minimum absolute atomic E-state index is 0.0466. The Labute approximate surface area is 121 Å². The van der Waals surface area contributed by atoms with Crippen LogP contribution in [0.15, 0.2) is 24.4 Å². The van der Waals surface area contributed by atoms with Gasteiger partial charge in [0.25, 0.3) is 0 Å². The fraction of sp³-hybridized carbons (Fsp3) is 0.333. The lowest BCUT2D eigenvalue weighted by molar-refractivity contribution is -0.123. The minimum atomic E-state index is -0.406. The van der Waals surface area contributed by atoms with Crippen molar-refractivity contribution in [3.63, 3.8) is 0 Å². The molecular formula is C15H16FN3O2. The van der Waals surface area contributed by atoms with Crippen LogP contribution in [0.1, 0.15) is 35.7 Å². The lowest BCUT2D eigenvalue weighted by Crippen LogP contribution is -2.37. The van der Waals surface area contributed by atoms with Gasteiger partial charge in [0.05, 0.1) is 18.2 Å². The molecule has 2 N–H and O–H groups in total. The number of amides is 1. The van der Waals surface area contributed by atoms with Gasteiger partial charge >= 0.3 is 0 Å². The van der Waals surface area contributed by atoms with Gasteiger partial charge in [0.2, 0.25) is 5.91 Å². The van der Waals surface area contributed by atoms with E-state index in [1.165, 1.54) is 23.0 Å². The molecule has 0 saturated carbocycles. The Kier molecular flexibility index (Phi) is 3.16. The first-order chi connectivity index (χ1) is 9.95. The summed E-state index contributed by atoms with van der Waals surface area (Å²) < 4.78 is 14.7. The average Bonchev–Trinajstić information content (AvgIpc) is 2.72. The number of halogens is 1. The summed E-state index contributed by atoms with van der Waals surface area (Å²) in [6, 6.07) is 4.12. The molecule has 2 unspecified atom stereocenters. The summed E-state index contributed by atoms with van der Waals surface area (Å²) >= 11 is 0. The van der Waals surface area contributed by atoms with Crippen LogP contribution in [0.25, 0.3) is 0 Å². The number of aromatic hydroxyl groups is 1. The summed E-state index contributed by atoms with van der Waals surface area (Å²) in [7, 11) is 1.70. The Morgan fingerprint density at radius 2 is 2.33 bits per heavy atom. The van der Waals surface area contributed by atoms with E-state index in [2.05, 4.69) is 10.4 Å². The van der Waals surface area contributed by atoms with Gasteiger partial charge in [-0.15, -0.1) is 0 Å². The van der Waals surface area contributed by atoms with Crippen LogP contribution in [0.5, 0.6) is 5.75 Å². The van der Waals surface area contributed by atoms with Gasteiger partial charge < -0.3 is 10.4 Å². The highest BCUT2D eigenvalue weighted by Gasteiger charge is 2.33. The number of nitrogens with one attached hydrogen (secondary N) is 1. The zero-order valence-corrected chi connectivity index (χ0v) is 11.8. The number of fused-ring (bicyclic) bond motifs is 1. The summed E-state index contributed by atoms with van der Waals surface area (Å²) in [6.07, 6.45) is 2.09. The number of rotatable bonds is 3. The Morgan fingerprint density at radius 1 is 1.57 bits per heavy atom. The molecule has 1 aromatic carbocycles. The van der Waals surface area contributed by atoms with Crippen molar-refractivity contribution in [1.82, 2.24) is 15.1 Å². The number of hydrogen-bond acceptors (Lipinski definition) is 3.